The minimum atomic E-state index is 0.571. The summed E-state index contributed by atoms with van der Waals surface area (Å²) in [5.74, 6) is 2.58. The summed E-state index contributed by atoms with van der Waals surface area (Å²) >= 11 is 0. The molecule has 0 bridgehead atoms. The van der Waals surface area contributed by atoms with Crippen LogP contribution in [0.3, 0.4) is 0 Å². The third kappa shape index (κ3) is 3.92. The Balaban J connectivity index is 1.29. The van der Waals surface area contributed by atoms with Crippen LogP contribution < -0.4 is 0 Å². The Hall–Kier alpha value is -2.58. The number of nitrogens with zero attached hydrogens (tertiary/aromatic N) is 6. The van der Waals surface area contributed by atoms with Crippen LogP contribution in [0.15, 0.2) is 39.3 Å². The molecule has 0 spiro atoms. The summed E-state index contributed by atoms with van der Waals surface area (Å²) in [5, 5.41) is 12.3. The van der Waals surface area contributed by atoms with Crippen molar-refractivity contribution in [2.45, 2.75) is 20.0 Å². The van der Waals surface area contributed by atoms with Crippen LogP contribution in [-0.2, 0) is 13.1 Å². The number of hydrogen-bond acceptors (Lipinski definition) is 8. The lowest BCUT2D eigenvalue weighted by Crippen LogP contribution is -2.45. The van der Waals surface area contributed by atoms with Gasteiger partial charge in [-0.25, -0.2) is 0 Å². The average Bonchev–Trinajstić information content (AvgIpc) is 3.27. The molecule has 0 amide bonds. The molecule has 3 heterocycles. The van der Waals surface area contributed by atoms with E-state index in [-0.39, 0.29) is 0 Å². The predicted molar refractivity (Wildman–Crippen MR) is 89.3 cm³/mol. The Labute approximate surface area is 145 Å². The normalized spacial score (nSPS) is 16.4. The van der Waals surface area contributed by atoms with Gasteiger partial charge in [-0.3, -0.25) is 9.80 Å². The van der Waals surface area contributed by atoms with Gasteiger partial charge in [0, 0.05) is 38.7 Å². The molecular weight excluding hydrogens is 320 g/mol. The van der Waals surface area contributed by atoms with Crippen molar-refractivity contribution in [1.29, 1.82) is 0 Å². The minimum absolute atomic E-state index is 0.571. The highest BCUT2D eigenvalue weighted by atomic mass is 16.5. The molecule has 0 N–H and O–H groups in total. The fourth-order valence-corrected chi connectivity index (χ4v) is 2.92. The number of benzene rings is 1. The summed E-state index contributed by atoms with van der Waals surface area (Å²) in [5.41, 5.74) is 0.946. The first-order valence-corrected chi connectivity index (χ1v) is 8.38. The van der Waals surface area contributed by atoms with Crippen LogP contribution in [0.5, 0.6) is 0 Å². The van der Waals surface area contributed by atoms with E-state index in [0.29, 0.717) is 24.2 Å². The van der Waals surface area contributed by atoms with E-state index in [2.05, 4.69) is 30.1 Å². The maximum absolute atomic E-state index is 5.79. The number of piperazine rings is 1. The highest BCUT2D eigenvalue weighted by Crippen LogP contribution is 2.18. The number of hydrogen-bond donors (Lipinski definition) is 0. The Kier molecular flexibility index (Phi) is 4.53. The lowest BCUT2D eigenvalue weighted by Gasteiger charge is -2.33. The Bertz CT molecular complexity index is 807. The van der Waals surface area contributed by atoms with Gasteiger partial charge in [-0.15, -0.1) is 10.2 Å². The molecule has 2 aromatic heterocycles. The van der Waals surface area contributed by atoms with E-state index in [0.717, 1.165) is 44.1 Å². The Morgan fingerprint density at radius 2 is 1.68 bits per heavy atom. The number of aryl methyl sites for hydroxylation is 1. The first kappa shape index (κ1) is 15.9. The van der Waals surface area contributed by atoms with Crippen molar-refractivity contribution >= 4 is 0 Å². The van der Waals surface area contributed by atoms with Crippen LogP contribution in [0.4, 0.5) is 0 Å². The van der Waals surface area contributed by atoms with Gasteiger partial charge >= 0.3 is 0 Å². The van der Waals surface area contributed by atoms with Gasteiger partial charge in [0.1, 0.15) is 0 Å². The van der Waals surface area contributed by atoms with Crippen molar-refractivity contribution < 1.29 is 8.94 Å². The van der Waals surface area contributed by atoms with Gasteiger partial charge in [0.05, 0.1) is 13.1 Å². The monoisotopic (exact) mass is 340 g/mol. The van der Waals surface area contributed by atoms with Crippen LogP contribution >= 0.6 is 0 Å². The predicted octanol–water partition coefficient (Wildman–Crippen LogP) is 1.75. The second-order valence-corrected chi connectivity index (χ2v) is 6.15. The van der Waals surface area contributed by atoms with E-state index in [1.807, 2.05) is 37.3 Å². The zero-order chi connectivity index (χ0) is 17.1. The summed E-state index contributed by atoms with van der Waals surface area (Å²) in [6, 6.07) is 9.83. The third-order valence-corrected chi connectivity index (χ3v) is 4.25. The van der Waals surface area contributed by atoms with Crippen molar-refractivity contribution in [3.8, 4) is 11.5 Å². The molecule has 1 fully saturated rings. The molecule has 25 heavy (non-hydrogen) atoms. The first-order valence-electron chi connectivity index (χ1n) is 8.38. The standard InChI is InChI=1S/C17H20N6O2/c1-13-18-15(21-25-13)11-22-7-9-23(10-8-22)12-16-19-20-17(24-16)14-5-3-2-4-6-14/h2-6H,7-12H2,1H3. The highest BCUT2D eigenvalue weighted by Gasteiger charge is 2.20. The zero-order valence-corrected chi connectivity index (χ0v) is 14.1. The highest BCUT2D eigenvalue weighted by molar-refractivity contribution is 5.51. The second kappa shape index (κ2) is 7.12. The van der Waals surface area contributed by atoms with Crippen LogP contribution in [0.2, 0.25) is 0 Å². The smallest absolute Gasteiger partial charge is 0.247 e. The minimum Gasteiger partial charge on any atom is -0.419 e. The van der Waals surface area contributed by atoms with Gasteiger partial charge in [-0.2, -0.15) is 4.98 Å². The molecule has 8 nitrogen and oxygen atoms in total. The molecule has 4 rings (SSSR count). The van der Waals surface area contributed by atoms with E-state index in [4.69, 9.17) is 8.94 Å². The van der Waals surface area contributed by atoms with Crippen LogP contribution in [0.1, 0.15) is 17.6 Å². The molecule has 0 saturated carbocycles. The Morgan fingerprint density at radius 1 is 0.960 bits per heavy atom. The van der Waals surface area contributed by atoms with Crippen molar-refractivity contribution in [2.24, 2.45) is 0 Å². The van der Waals surface area contributed by atoms with Gasteiger partial charge in [0.25, 0.3) is 0 Å². The fourth-order valence-electron chi connectivity index (χ4n) is 2.92. The van der Waals surface area contributed by atoms with Gasteiger partial charge in [0.2, 0.25) is 17.7 Å². The van der Waals surface area contributed by atoms with E-state index < -0.39 is 0 Å². The maximum Gasteiger partial charge on any atom is 0.247 e. The molecule has 1 aliphatic heterocycles. The summed E-state index contributed by atoms with van der Waals surface area (Å²) in [7, 11) is 0. The molecular formula is C17H20N6O2. The van der Waals surface area contributed by atoms with Crippen molar-refractivity contribution in [3.63, 3.8) is 0 Å². The third-order valence-electron chi connectivity index (χ3n) is 4.25. The molecule has 0 aliphatic carbocycles. The lowest BCUT2D eigenvalue weighted by atomic mass is 10.2. The maximum atomic E-state index is 5.79. The number of aromatic nitrogens is 4. The molecule has 1 aromatic carbocycles. The molecule has 130 valence electrons. The summed E-state index contributed by atoms with van der Waals surface area (Å²) in [6.45, 7) is 7.00. The molecule has 0 unspecified atom stereocenters. The van der Waals surface area contributed by atoms with E-state index in [9.17, 15) is 0 Å². The molecule has 3 aromatic rings. The molecule has 1 aliphatic rings. The summed E-state index contributed by atoms with van der Waals surface area (Å²) < 4.78 is 10.8. The molecule has 0 atom stereocenters. The van der Waals surface area contributed by atoms with E-state index >= 15 is 0 Å². The topological polar surface area (TPSA) is 84.3 Å². The van der Waals surface area contributed by atoms with Crippen LogP contribution in [0.25, 0.3) is 11.5 Å². The summed E-state index contributed by atoms with van der Waals surface area (Å²) in [6.07, 6.45) is 0. The molecule has 0 radical (unpaired) electrons. The van der Waals surface area contributed by atoms with Gasteiger partial charge in [0.15, 0.2) is 5.82 Å². The average molecular weight is 340 g/mol. The second-order valence-electron chi connectivity index (χ2n) is 6.15. The largest absolute Gasteiger partial charge is 0.419 e. The molecule has 1 saturated heterocycles. The van der Waals surface area contributed by atoms with E-state index in [1.54, 1.807) is 0 Å². The number of rotatable bonds is 5. The molecule has 8 heteroatoms. The van der Waals surface area contributed by atoms with Crippen molar-refractivity contribution in [3.05, 3.63) is 47.9 Å². The SMILES string of the molecule is Cc1nc(CN2CCN(Cc3nnc(-c4ccccc4)o3)CC2)no1. The van der Waals surface area contributed by atoms with Gasteiger partial charge < -0.3 is 8.94 Å². The first-order chi connectivity index (χ1) is 12.3. The van der Waals surface area contributed by atoms with Gasteiger partial charge in [-0.05, 0) is 12.1 Å². The van der Waals surface area contributed by atoms with Crippen molar-refractivity contribution in [1.82, 2.24) is 30.1 Å². The van der Waals surface area contributed by atoms with Crippen LogP contribution in [-0.4, -0.2) is 56.3 Å². The van der Waals surface area contributed by atoms with E-state index in [1.165, 1.54) is 0 Å². The van der Waals surface area contributed by atoms with Crippen molar-refractivity contribution in [2.75, 3.05) is 26.2 Å². The van der Waals surface area contributed by atoms with Gasteiger partial charge in [-0.1, -0.05) is 23.4 Å². The lowest BCUT2D eigenvalue weighted by molar-refractivity contribution is 0.112. The zero-order valence-electron chi connectivity index (χ0n) is 14.1. The summed E-state index contributed by atoms with van der Waals surface area (Å²) in [4.78, 5) is 8.90. The Morgan fingerprint density at radius 3 is 2.36 bits per heavy atom. The fraction of sp³-hybridized carbons (Fsp3) is 0.412. The quantitative estimate of drug-likeness (QED) is 0.694. The van der Waals surface area contributed by atoms with Crippen LogP contribution in [0, 0.1) is 6.92 Å².